The van der Waals surface area contributed by atoms with Gasteiger partial charge in [-0.15, -0.1) is 10.2 Å². The summed E-state index contributed by atoms with van der Waals surface area (Å²) < 4.78 is 21.2. The lowest BCUT2D eigenvalue weighted by Gasteiger charge is -2.31. The van der Waals surface area contributed by atoms with E-state index in [-0.39, 0.29) is 5.82 Å². The smallest absolute Gasteiger partial charge is 0.165 e. The van der Waals surface area contributed by atoms with Crippen LogP contribution in [0, 0.1) is 5.82 Å². The van der Waals surface area contributed by atoms with Crippen molar-refractivity contribution in [3.05, 3.63) is 42.2 Å². The summed E-state index contributed by atoms with van der Waals surface area (Å²) in [4.78, 5) is 2.37. The summed E-state index contributed by atoms with van der Waals surface area (Å²) in [7, 11) is 0. The molecule has 1 aliphatic rings. The van der Waals surface area contributed by atoms with Crippen molar-refractivity contribution in [3.63, 3.8) is 0 Å². The van der Waals surface area contributed by atoms with Gasteiger partial charge in [-0.25, -0.2) is 4.39 Å². The molecule has 130 valence electrons. The van der Waals surface area contributed by atoms with Crippen molar-refractivity contribution < 1.29 is 9.13 Å². The molecule has 1 aromatic carbocycles. The lowest BCUT2D eigenvalue weighted by molar-refractivity contribution is 0.168. The van der Waals surface area contributed by atoms with E-state index in [1.807, 2.05) is 6.33 Å². The molecule has 1 aliphatic heterocycles. The molecule has 0 atom stereocenters. The molecule has 0 saturated carbocycles. The fraction of sp³-hybridized carbons (Fsp3) is 0.556. The summed E-state index contributed by atoms with van der Waals surface area (Å²) in [5.74, 6) is 1.60. The lowest BCUT2D eigenvalue weighted by Crippen LogP contribution is -2.36. The molecular weight excluding hydrogens is 307 g/mol. The van der Waals surface area contributed by atoms with Gasteiger partial charge >= 0.3 is 0 Å². The van der Waals surface area contributed by atoms with Crippen molar-refractivity contribution in [2.45, 2.75) is 38.6 Å². The molecule has 0 spiro atoms. The van der Waals surface area contributed by atoms with Crippen LogP contribution < -0.4 is 4.74 Å². The van der Waals surface area contributed by atoms with Gasteiger partial charge in [0.2, 0.25) is 0 Å². The van der Waals surface area contributed by atoms with Crippen molar-refractivity contribution in [2.75, 3.05) is 26.2 Å². The zero-order valence-electron chi connectivity index (χ0n) is 14.4. The molecule has 1 fully saturated rings. The Labute approximate surface area is 142 Å². The molecular formula is C18H25FN4O. The number of hydrogen-bond acceptors (Lipinski definition) is 4. The first kappa shape index (κ1) is 16.9. The van der Waals surface area contributed by atoms with Crippen molar-refractivity contribution >= 4 is 0 Å². The molecule has 24 heavy (non-hydrogen) atoms. The van der Waals surface area contributed by atoms with Gasteiger partial charge in [-0.05, 0) is 51.9 Å². The Morgan fingerprint density at radius 2 is 2.00 bits per heavy atom. The maximum absolute atomic E-state index is 13.5. The zero-order valence-corrected chi connectivity index (χ0v) is 14.4. The first-order valence-corrected chi connectivity index (χ1v) is 8.64. The van der Waals surface area contributed by atoms with Crippen LogP contribution in [0.2, 0.25) is 0 Å². The Hall–Kier alpha value is -1.95. The van der Waals surface area contributed by atoms with Gasteiger partial charge in [0.05, 0.1) is 0 Å². The second-order valence-corrected chi connectivity index (χ2v) is 6.58. The standard InChI is InChI=1S/C18H25FN4O/c1-14(2)23-13-20-21-18(23)15-7-9-22(10-8-15)11-12-24-17-6-4-3-5-16(17)19/h3-6,13-15H,7-12H2,1-2H3. The predicted octanol–water partition coefficient (Wildman–Crippen LogP) is 3.26. The average molecular weight is 332 g/mol. The Bertz CT molecular complexity index is 650. The number of rotatable bonds is 6. The van der Waals surface area contributed by atoms with Crippen LogP contribution in [0.25, 0.3) is 0 Å². The summed E-state index contributed by atoms with van der Waals surface area (Å²) in [6.45, 7) is 7.66. The molecule has 5 nitrogen and oxygen atoms in total. The molecule has 6 heteroatoms. The topological polar surface area (TPSA) is 43.2 Å². The third kappa shape index (κ3) is 3.93. The van der Waals surface area contributed by atoms with E-state index >= 15 is 0 Å². The number of hydrogen-bond donors (Lipinski definition) is 0. The fourth-order valence-electron chi connectivity index (χ4n) is 3.20. The van der Waals surface area contributed by atoms with Gasteiger partial charge in [0.15, 0.2) is 11.6 Å². The monoisotopic (exact) mass is 332 g/mol. The molecule has 1 saturated heterocycles. The first-order valence-electron chi connectivity index (χ1n) is 8.64. The quantitative estimate of drug-likeness (QED) is 0.814. The van der Waals surface area contributed by atoms with Gasteiger partial charge in [0.1, 0.15) is 18.8 Å². The molecule has 3 rings (SSSR count). The van der Waals surface area contributed by atoms with Crippen molar-refractivity contribution in [2.24, 2.45) is 0 Å². The van der Waals surface area contributed by atoms with Crippen LogP contribution in [0.15, 0.2) is 30.6 Å². The Morgan fingerprint density at radius 1 is 1.25 bits per heavy atom. The molecule has 0 bridgehead atoms. The summed E-state index contributed by atoms with van der Waals surface area (Å²) in [5, 5.41) is 8.40. The van der Waals surface area contributed by atoms with Gasteiger partial charge < -0.3 is 9.30 Å². The first-order chi connectivity index (χ1) is 11.6. The fourth-order valence-corrected chi connectivity index (χ4v) is 3.20. The summed E-state index contributed by atoms with van der Waals surface area (Å²) >= 11 is 0. The van der Waals surface area contributed by atoms with Crippen LogP contribution >= 0.6 is 0 Å². The SMILES string of the molecule is CC(C)n1cnnc1C1CCN(CCOc2ccccc2F)CC1. The second-order valence-electron chi connectivity index (χ2n) is 6.58. The Kier molecular flexibility index (Phi) is 5.45. The van der Waals surface area contributed by atoms with Gasteiger partial charge in [0, 0.05) is 18.5 Å². The number of para-hydroxylation sites is 1. The Morgan fingerprint density at radius 3 is 2.71 bits per heavy atom. The maximum atomic E-state index is 13.5. The highest BCUT2D eigenvalue weighted by Crippen LogP contribution is 2.27. The largest absolute Gasteiger partial charge is 0.489 e. The van der Waals surface area contributed by atoms with E-state index in [0.717, 1.165) is 38.3 Å². The van der Waals surface area contributed by atoms with E-state index in [4.69, 9.17) is 4.74 Å². The number of halogens is 1. The van der Waals surface area contributed by atoms with E-state index in [0.29, 0.717) is 24.3 Å². The molecule has 0 unspecified atom stereocenters. The maximum Gasteiger partial charge on any atom is 0.165 e. The van der Waals surface area contributed by atoms with Crippen LogP contribution in [0.4, 0.5) is 4.39 Å². The summed E-state index contributed by atoms with van der Waals surface area (Å²) in [6, 6.07) is 6.94. The Balaban J connectivity index is 1.45. The van der Waals surface area contributed by atoms with Crippen LogP contribution in [-0.2, 0) is 0 Å². The molecule has 0 aliphatic carbocycles. The highest BCUT2D eigenvalue weighted by Gasteiger charge is 2.25. The number of likely N-dealkylation sites (tertiary alicyclic amines) is 1. The second kappa shape index (κ2) is 7.75. The highest BCUT2D eigenvalue weighted by molar-refractivity contribution is 5.23. The minimum absolute atomic E-state index is 0.302. The molecule has 2 aromatic rings. The number of nitrogens with zero attached hydrogens (tertiary/aromatic N) is 4. The van der Waals surface area contributed by atoms with E-state index in [1.165, 1.54) is 6.07 Å². The van der Waals surface area contributed by atoms with E-state index < -0.39 is 0 Å². The normalized spacial score (nSPS) is 16.7. The van der Waals surface area contributed by atoms with Crippen molar-refractivity contribution in [1.29, 1.82) is 0 Å². The van der Waals surface area contributed by atoms with E-state index in [1.54, 1.807) is 18.2 Å². The van der Waals surface area contributed by atoms with Gasteiger partial charge in [0.25, 0.3) is 0 Å². The third-order valence-electron chi connectivity index (χ3n) is 4.61. The van der Waals surface area contributed by atoms with Crippen molar-refractivity contribution in [1.82, 2.24) is 19.7 Å². The highest BCUT2D eigenvalue weighted by atomic mass is 19.1. The van der Waals surface area contributed by atoms with E-state index in [9.17, 15) is 4.39 Å². The van der Waals surface area contributed by atoms with Gasteiger partial charge in [-0.2, -0.15) is 0 Å². The van der Waals surface area contributed by atoms with Crippen LogP contribution in [-0.4, -0.2) is 45.9 Å². The average Bonchev–Trinajstić information content (AvgIpc) is 3.07. The number of ether oxygens (including phenoxy) is 1. The van der Waals surface area contributed by atoms with Crippen LogP contribution in [0.3, 0.4) is 0 Å². The minimum Gasteiger partial charge on any atom is -0.489 e. The molecule has 0 amide bonds. The number of piperidine rings is 1. The summed E-state index contributed by atoms with van der Waals surface area (Å²) in [6.07, 6.45) is 3.98. The van der Waals surface area contributed by atoms with Crippen LogP contribution in [0.1, 0.15) is 44.5 Å². The molecule has 1 aromatic heterocycles. The van der Waals surface area contributed by atoms with Crippen LogP contribution in [0.5, 0.6) is 5.75 Å². The van der Waals surface area contributed by atoms with Gasteiger partial charge in [-0.3, -0.25) is 4.90 Å². The molecule has 2 heterocycles. The van der Waals surface area contributed by atoms with Gasteiger partial charge in [-0.1, -0.05) is 12.1 Å². The lowest BCUT2D eigenvalue weighted by atomic mass is 9.95. The predicted molar refractivity (Wildman–Crippen MR) is 90.7 cm³/mol. The number of benzene rings is 1. The van der Waals surface area contributed by atoms with E-state index in [2.05, 4.69) is 33.5 Å². The number of aromatic nitrogens is 3. The minimum atomic E-state index is -0.302. The molecule has 0 radical (unpaired) electrons. The molecule has 0 N–H and O–H groups in total. The van der Waals surface area contributed by atoms with Crippen molar-refractivity contribution in [3.8, 4) is 5.75 Å². The summed E-state index contributed by atoms with van der Waals surface area (Å²) in [5.41, 5.74) is 0. The third-order valence-corrected chi connectivity index (χ3v) is 4.61. The zero-order chi connectivity index (χ0) is 16.9.